The fourth-order valence-electron chi connectivity index (χ4n) is 2.44. The van der Waals surface area contributed by atoms with E-state index in [4.69, 9.17) is 9.47 Å². The number of aromatic nitrogens is 2. The Balaban J connectivity index is 2.00. The molecular weight excluding hydrogens is 346 g/mol. The largest absolute Gasteiger partial charge is 0.493 e. The Morgan fingerprint density at radius 2 is 1.93 bits per heavy atom. The van der Waals surface area contributed by atoms with E-state index in [1.54, 1.807) is 36.0 Å². The summed E-state index contributed by atoms with van der Waals surface area (Å²) in [5.74, 6) is -0.0115. The molecule has 7 heteroatoms. The molecule has 1 amide bonds. The van der Waals surface area contributed by atoms with Gasteiger partial charge < -0.3 is 14.8 Å². The van der Waals surface area contributed by atoms with Crippen molar-refractivity contribution in [1.82, 2.24) is 9.78 Å². The smallest absolute Gasteiger partial charge is 0.339 e. The summed E-state index contributed by atoms with van der Waals surface area (Å²) in [5.41, 5.74) is 2.50. The number of aryl methyl sites for hydroxylation is 2. The number of nitrogens with zero attached hydrogens (tertiary/aromatic N) is 2. The number of esters is 1. The molecule has 1 N–H and O–H groups in total. The lowest BCUT2D eigenvalue weighted by atomic mass is 10.2. The molecule has 0 bridgehead atoms. The molecule has 0 saturated carbocycles. The van der Waals surface area contributed by atoms with Crippen molar-refractivity contribution >= 4 is 17.6 Å². The number of carbonyl (C=O) groups is 2. The minimum Gasteiger partial charge on any atom is -0.493 e. The quantitative estimate of drug-likeness (QED) is 0.753. The van der Waals surface area contributed by atoms with Gasteiger partial charge in [0.1, 0.15) is 5.75 Å². The van der Waals surface area contributed by atoms with Crippen LogP contribution in [-0.4, -0.2) is 34.4 Å². The Morgan fingerprint density at radius 3 is 2.52 bits per heavy atom. The first kappa shape index (κ1) is 20.5. The molecule has 146 valence electrons. The molecule has 7 nitrogen and oxygen atoms in total. The van der Waals surface area contributed by atoms with E-state index < -0.39 is 18.0 Å². The first-order valence-corrected chi connectivity index (χ1v) is 8.94. The van der Waals surface area contributed by atoms with E-state index in [1.165, 1.54) is 6.92 Å². The predicted octanol–water partition coefficient (Wildman–Crippen LogP) is 3.26. The third-order valence-electron chi connectivity index (χ3n) is 4.06. The number of hydrogen-bond donors (Lipinski definition) is 1. The van der Waals surface area contributed by atoms with Crippen molar-refractivity contribution in [3.05, 3.63) is 41.2 Å². The van der Waals surface area contributed by atoms with E-state index in [2.05, 4.69) is 10.4 Å². The summed E-state index contributed by atoms with van der Waals surface area (Å²) in [6.07, 6.45) is -0.947. The summed E-state index contributed by atoms with van der Waals surface area (Å²) in [7, 11) is 1.80. The van der Waals surface area contributed by atoms with Crippen molar-refractivity contribution in [2.24, 2.45) is 13.0 Å². The molecule has 27 heavy (non-hydrogen) atoms. The molecule has 0 unspecified atom stereocenters. The van der Waals surface area contributed by atoms with Crippen LogP contribution in [-0.2, 0) is 16.6 Å². The SMILES string of the molecule is Cc1nn(C)c(C)c1NC(=O)[C@H](C)OC(=O)c1cccc(OCC(C)C)c1. The first-order chi connectivity index (χ1) is 12.7. The second-order valence-corrected chi connectivity index (χ2v) is 6.94. The molecule has 1 heterocycles. The van der Waals surface area contributed by atoms with Crippen LogP contribution in [0.2, 0.25) is 0 Å². The minimum absolute atomic E-state index is 0.338. The highest BCUT2D eigenvalue weighted by Crippen LogP contribution is 2.19. The van der Waals surface area contributed by atoms with Crippen LogP contribution in [0.25, 0.3) is 0 Å². The van der Waals surface area contributed by atoms with Crippen LogP contribution >= 0.6 is 0 Å². The topological polar surface area (TPSA) is 82.5 Å². The van der Waals surface area contributed by atoms with Crippen molar-refractivity contribution in [1.29, 1.82) is 0 Å². The van der Waals surface area contributed by atoms with E-state index in [9.17, 15) is 9.59 Å². The van der Waals surface area contributed by atoms with Crippen LogP contribution in [0, 0.1) is 19.8 Å². The van der Waals surface area contributed by atoms with Crippen molar-refractivity contribution < 1.29 is 19.1 Å². The molecular formula is C20H27N3O4. The van der Waals surface area contributed by atoms with Gasteiger partial charge >= 0.3 is 5.97 Å². The average molecular weight is 373 g/mol. The van der Waals surface area contributed by atoms with Crippen LogP contribution < -0.4 is 10.1 Å². The van der Waals surface area contributed by atoms with Crippen LogP contribution in [0.5, 0.6) is 5.75 Å². The zero-order chi connectivity index (χ0) is 20.1. The van der Waals surface area contributed by atoms with Crippen molar-refractivity contribution in [3.8, 4) is 5.75 Å². The lowest BCUT2D eigenvalue weighted by Crippen LogP contribution is -2.30. The molecule has 2 aromatic rings. The monoisotopic (exact) mass is 373 g/mol. The highest BCUT2D eigenvalue weighted by Gasteiger charge is 2.21. The molecule has 0 aliphatic heterocycles. The second kappa shape index (κ2) is 8.70. The average Bonchev–Trinajstić information content (AvgIpc) is 2.86. The van der Waals surface area contributed by atoms with Crippen LogP contribution in [0.15, 0.2) is 24.3 Å². The molecule has 0 saturated heterocycles. The Labute approximate surface area is 159 Å². The second-order valence-electron chi connectivity index (χ2n) is 6.94. The summed E-state index contributed by atoms with van der Waals surface area (Å²) in [6.45, 7) is 9.85. The fourth-order valence-corrected chi connectivity index (χ4v) is 2.44. The van der Waals surface area contributed by atoms with Gasteiger partial charge in [-0.15, -0.1) is 0 Å². The van der Waals surface area contributed by atoms with Crippen LogP contribution in [0.1, 0.15) is 42.5 Å². The normalized spacial score (nSPS) is 12.0. The maximum atomic E-state index is 12.4. The van der Waals surface area contributed by atoms with E-state index in [1.807, 2.05) is 27.7 Å². The van der Waals surface area contributed by atoms with Gasteiger partial charge in [-0.25, -0.2) is 4.79 Å². The van der Waals surface area contributed by atoms with Gasteiger partial charge in [0.15, 0.2) is 6.10 Å². The Morgan fingerprint density at radius 1 is 1.22 bits per heavy atom. The van der Waals surface area contributed by atoms with E-state index in [-0.39, 0.29) is 0 Å². The van der Waals surface area contributed by atoms with Gasteiger partial charge in [0.2, 0.25) is 0 Å². The van der Waals surface area contributed by atoms with Gasteiger partial charge in [0.25, 0.3) is 5.91 Å². The zero-order valence-corrected chi connectivity index (χ0v) is 16.7. The highest BCUT2D eigenvalue weighted by atomic mass is 16.5. The van der Waals surface area contributed by atoms with Crippen LogP contribution in [0.4, 0.5) is 5.69 Å². The van der Waals surface area contributed by atoms with E-state index in [0.29, 0.717) is 35.2 Å². The molecule has 1 atom stereocenters. The summed E-state index contributed by atoms with van der Waals surface area (Å²) in [6, 6.07) is 6.75. The number of hydrogen-bond acceptors (Lipinski definition) is 5. The Kier molecular flexibility index (Phi) is 6.60. The highest BCUT2D eigenvalue weighted by molar-refractivity contribution is 5.98. The molecule has 2 rings (SSSR count). The molecule has 1 aromatic carbocycles. The van der Waals surface area contributed by atoms with Crippen molar-refractivity contribution in [2.75, 3.05) is 11.9 Å². The molecule has 0 aliphatic carbocycles. The number of amides is 1. The maximum absolute atomic E-state index is 12.4. The van der Waals surface area contributed by atoms with Crippen molar-refractivity contribution in [2.45, 2.75) is 40.7 Å². The summed E-state index contributed by atoms with van der Waals surface area (Å²) in [4.78, 5) is 24.8. The summed E-state index contributed by atoms with van der Waals surface area (Å²) >= 11 is 0. The lowest BCUT2D eigenvalue weighted by molar-refractivity contribution is -0.123. The number of carbonyl (C=O) groups excluding carboxylic acids is 2. The fraction of sp³-hybridized carbons (Fsp3) is 0.450. The predicted molar refractivity (Wildman–Crippen MR) is 103 cm³/mol. The Bertz CT molecular complexity index is 827. The van der Waals surface area contributed by atoms with Gasteiger partial charge in [-0.2, -0.15) is 5.10 Å². The van der Waals surface area contributed by atoms with Gasteiger partial charge in [-0.3, -0.25) is 9.48 Å². The number of nitrogens with one attached hydrogen (secondary N) is 1. The van der Waals surface area contributed by atoms with Gasteiger partial charge in [-0.1, -0.05) is 19.9 Å². The van der Waals surface area contributed by atoms with Gasteiger partial charge in [-0.05, 0) is 44.9 Å². The van der Waals surface area contributed by atoms with Gasteiger partial charge in [0.05, 0.1) is 29.2 Å². The first-order valence-electron chi connectivity index (χ1n) is 8.94. The zero-order valence-electron chi connectivity index (χ0n) is 16.7. The third-order valence-corrected chi connectivity index (χ3v) is 4.06. The number of rotatable bonds is 7. The third kappa shape index (κ3) is 5.32. The van der Waals surface area contributed by atoms with E-state index >= 15 is 0 Å². The molecule has 0 radical (unpaired) electrons. The number of ether oxygens (including phenoxy) is 2. The van der Waals surface area contributed by atoms with Gasteiger partial charge in [0, 0.05) is 7.05 Å². The minimum atomic E-state index is -0.947. The van der Waals surface area contributed by atoms with Crippen molar-refractivity contribution in [3.63, 3.8) is 0 Å². The van der Waals surface area contributed by atoms with E-state index in [0.717, 1.165) is 5.69 Å². The summed E-state index contributed by atoms with van der Waals surface area (Å²) in [5, 5.41) is 7.03. The maximum Gasteiger partial charge on any atom is 0.339 e. The lowest BCUT2D eigenvalue weighted by Gasteiger charge is -2.14. The molecule has 0 spiro atoms. The van der Waals surface area contributed by atoms with Crippen LogP contribution in [0.3, 0.4) is 0 Å². The standard InChI is InChI=1S/C20H27N3O4/c1-12(2)11-26-17-9-7-8-16(10-17)20(25)27-15(5)19(24)21-18-13(3)22-23(6)14(18)4/h7-10,12,15H,11H2,1-6H3,(H,21,24)/t15-/m0/s1. The Hall–Kier alpha value is -2.83. The molecule has 1 aromatic heterocycles. The molecule has 0 aliphatic rings. The number of benzene rings is 1. The molecule has 0 fully saturated rings. The summed E-state index contributed by atoms with van der Waals surface area (Å²) < 4.78 is 12.6. The number of anilines is 1.